The Morgan fingerprint density at radius 3 is 2.43 bits per heavy atom. The predicted molar refractivity (Wildman–Crippen MR) is 103 cm³/mol. The molecule has 1 fully saturated rings. The third kappa shape index (κ3) is 8.30. The lowest BCUT2D eigenvalue weighted by atomic mass is 10.0. The summed E-state index contributed by atoms with van der Waals surface area (Å²) in [4.78, 5) is 23.1. The maximum atomic E-state index is 14.8. The van der Waals surface area contributed by atoms with Gasteiger partial charge in [0.05, 0.1) is 37.7 Å². The SMILES string of the molecule is C=C(C(=O)O)C(=O)C(N)/C(NCCOCCOCCN)=C(F)\C=C(\C)C1CC1. The number of nitrogens with two attached hydrogens (primary N) is 2. The van der Waals surface area contributed by atoms with Crippen LogP contribution in [0, 0.1) is 5.92 Å². The first-order valence-corrected chi connectivity index (χ1v) is 9.18. The summed E-state index contributed by atoms with van der Waals surface area (Å²) >= 11 is 0. The number of carboxylic acid groups (broad SMARTS) is 1. The second kappa shape index (κ2) is 12.4. The van der Waals surface area contributed by atoms with Crippen molar-refractivity contribution in [2.75, 3.05) is 39.5 Å². The second-order valence-electron chi connectivity index (χ2n) is 6.49. The molecule has 0 bridgehead atoms. The molecule has 158 valence electrons. The molecule has 0 aromatic rings. The number of hydrogen-bond donors (Lipinski definition) is 4. The van der Waals surface area contributed by atoms with Crippen LogP contribution in [-0.4, -0.2) is 62.4 Å². The number of rotatable bonds is 15. The van der Waals surface area contributed by atoms with Crippen molar-refractivity contribution in [3.8, 4) is 0 Å². The Labute approximate surface area is 164 Å². The largest absolute Gasteiger partial charge is 0.478 e. The van der Waals surface area contributed by atoms with E-state index in [1.54, 1.807) is 0 Å². The van der Waals surface area contributed by atoms with Crippen molar-refractivity contribution < 1.29 is 28.6 Å². The van der Waals surface area contributed by atoms with Gasteiger partial charge in [-0.05, 0) is 31.8 Å². The van der Waals surface area contributed by atoms with Gasteiger partial charge >= 0.3 is 5.97 Å². The summed E-state index contributed by atoms with van der Waals surface area (Å²) in [6, 6.07) is -1.50. The van der Waals surface area contributed by atoms with Gasteiger partial charge in [0.25, 0.3) is 0 Å². The minimum atomic E-state index is -1.50. The van der Waals surface area contributed by atoms with Gasteiger partial charge in [-0.15, -0.1) is 0 Å². The molecule has 0 spiro atoms. The standard InChI is InChI=1S/C19H30FN3O5/c1-12(14-3-4-14)11-15(20)17(16(22)18(24)13(2)19(25)26)23-6-8-28-10-9-27-7-5-21/h11,14,16,23H,2-10,21-22H2,1H3,(H,25,26)/b12-11-,17-15-. The van der Waals surface area contributed by atoms with E-state index in [0.29, 0.717) is 32.3 Å². The van der Waals surface area contributed by atoms with Gasteiger partial charge in [-0.1, -0.05) is 12.2 Å². The first-order chi connectivity index (χ1) is 13.3. The monoisotopic (exact) mass is 399 g/mol. The molecule has 0 aromatic carbocycles. The maximum absolute atomic E-state index is 14.8. The van der Waals surface area contributed by atoms with Crippen LogP contribution in [0.5, 0.6) is 0 Å². The van der Waals surface area contributed by atoms with E-state index in [2.05, 4.69) is 11.9 Å². The van der Waals surface area contributed by atoms with Crippen LogP contribution in [0.1, 0.15) is 19.8 Å². The molecule has 0 saturated heterocycles. The van der Waals surface area contributed by atoms with Crippen molar-refractivity contribution in [2.24, 2.45) is 17.4 Å². The minimum Gasteiger partial charge on any atom is -0.478 e. The highest BCUT2D eigenvalue weighted by molar-refractivity contribution is 6.18. The van der Waals surface area contributed by atoms with Crippen molar-refractivity contribution >= 4 is 11.8 Å². The molecule has 1 saturated carbocycles. The number of nitrogens with one attached hydrogen (secondary N) is 1. The molecule has 1 aliphatic carbocycles. The first-order valence-electron chi connectivity index (χ1n) is 9.18. The summed E-state index contributed by atoms with van der Waals surface area (Å²) < 4.78 is 25.3. The van der Waals surface area contributed by atoms with Crippen LogP contribution in [0.2, 0.25) is 0 Å². The number of carbonyl (C=O) groups is 2. The summed E-state index contributed by atoms with van der Waals surface area (Å²) in [6.45, 7) is 6.99. The lowest BCUT2D eigenvalue weighted by Crippen LogP contribution is -2.41. The molecule has 9 heteroatoms. The fourth-order valence-electron chi connectivity index (χ4n) is 2.36. The second-order valence-corrected chi connectivity index (χ2v) is 6.49. The number of halogens is 1. The van der Waals surface area contributed by atoms with Crippen LogP contribution in [0.4, 0.5) is 4.39 Å². The average Bonchev–Trinajstić information content (AvgIpc) is 3.50. The van der Waals surface area contributed by atoms with E-state index in [1.807, 2.05) is 6.92 Å². The normalized spacial score (nSPS) is 16.4. The Kier molecular flexibility index (Phi) is 10.6. The van der Waals surface area contributed by atoms with Gasteiger partial charge < -0.3 is 31.4 Å². The number of hydrogen-bond acceptors (Lipinski definition) is 7. The van der Waals surface area contributed by atoms with Crippen LogP contribution in [0.15, 0.2) is 35.3 Å². The zero-order valence-corrected chi connectivity index (χ0v) is 16.2. The van der Waals surface area contributed by atoms with Crippen LogP contribution in [0.3, 0.4) is 0 Å². The average molecular weight is 399 g/mol. The van der Waals surface area contributed by atoms with Gasteiger partial charge in [-0.3, -0.25) is 4.79 Å². The summed E-state index contributed by atoms with van der Waals surface area (Å²) in [5.41, 5.74) is 11.1. The molecule has 8 nitrogen and oxygen atoms in total. The number of allylic oxidation sites excluding steroid dienone is 3. The first kappa shape index (κ1) is 24.0. The quantitative estimate of drug-likeness (QED) is 0.104. The zero-order chi connectivity index (χ0) is 21.1. The van der Waals surface area contributed by atoms with E-state index in [9.17, 15) is 14.0 Å². The van der Waals surface area contributed by atoms with Gasteiger partial charge in [0.2, 0.25) is 0 Å². The number of aliphatic carboxylic acids is 1. The maximum Gasteiger partial charge on any atom is 0.338 e. The van der Waals surface area contributed by atoms with Crippen molar-refractivity contribution in [2.45, 2.75) is 25.8 Å². The fourth-order valence-corrected chi connectivity index (χ4v) is 2.36. The lowest BCUT2D eigenvalue weighted by molar-refractivity contribution is -0.134. The third-order valence-electron chi connectivity index (χ3n) is 4.18. The number of ether oxygens (including phenoxy) is 2. The third-order valence-corrected chi connectivity index (χ3v) is 4.18. The molecule has 0 aliphatic heterocycles. The Bertz CT molecular complexity index is 629. The van der Waals surface area contributed by atoms with Crippen LogP contribution < -0.4 is 16.8 Å². The molecule has 28 heavy (non-hydrogen) atoms. The highest BCUT2D eigenvalue weighted by Gasteiger charge is 2.28. The van der Waals surface area contributed by atoms with Crippen molar-refractivity contribution in [1.82, 2.24) is 5.32 Å². The minimum absolute atomic E-state index is 0.177. The van der Waals surface area contributed by atoms with Crippen LogP contribution >= 0.6 is 0 Å². The van der Waals surface area contributed by atoms with E-state index in [1.165, 1.54) is 6.08 Å². The highest BCUT2D eigenvalue weighted by atomic mass is 19.1. The molecular formula is C19H30FN3O5. The lowest BCUT2D eigenvalue weighted by Gasteiger charge is -2.18. The highest BCUT2D eigenvalue weighted by Crippen LogP contribution is 2.36. The summed E-state index contributed by atoms with van der Waals surface area (Å²) in [6.07, 6.45) is 3.33. The zero-order valence-electron chi connectivity index (χ0n) is 16.2. The van der Waals surface area contributed by atoms with E-state index in [-0.39, 0.29) is 18.8 Å². The smallest absolute Gasteiger partial charge is 0.338 e. The summed E-state index contributed by atoms with van der Waals surface area (Å²) in [5.74, 6) is -2.82. The Morgan fingerprint density at radius 1 is 1.29 bits per heavy atom. The van der Waals surface area contributed by atoms with Gasteiger partial charge in [0.15, 0.2) is 5.78 Å². The van der Waals surface area contributed by atoms with E-state index < -0.39 is 29.2 Å². The predicted octanol–water partition coefficient (Wildman–Crippen LogP) is 0.643. The van der Waals surface area contributed by atoms with E-state index in [0.717, 1.165) is 18.4 Å². The van der Waals surface area contributed by atoms with Gasteiger partial charge in [-0.25, -0.2) is 9.18 Å². The number of carbonyl (C=O) groups excluding carboxylic acids is 1. The molecule has 0 heterocycles. The Hall–Kier alpha value is -2.07. The topological polar surface area (TPSA) is 137 Å². The Balaban J connectivity index is 2.73. The molecular weight excluding hydrogens is 369 g/mol. The molecule has 0 aromatic heterocycles. The molecule has 0 radical (unpaired) electrons. The summed E-state index contributed by atoms with van der Waals surface area (Å²) in [7, 11) is 0. The molecule has 0 amide bonds. The summed E-state index contributed by atoms with van der Waals surface area (Å²) in [5, 5.41) is 11.7. The van der Waals surface area contributed by atoms with Crippen molar-refractivity contribution in [3.63, 3.8) is 0 Å². The van der Waals surface area contributed by atoms with Gasteiger partial charge in [0, 0.05) is 13.1 Å². The molecule has 1 aliphatic rings. The van der Waals surface area contributed by atoms with Gasteiger partial charge in [-0.2, -0.15) is 0 Å². The van der Waals surface area contributed by atoms with Gasteiger partial charge in [0.1, 0.15) is 11.9 Å². The van der Waals surface area contributed by atoms with Crippen LogP contribution in [0.25, 0.3) is 0 Å². The Morgan fingerprint density at radius 2 is 1.89 bits per heavy atom. The number of Topliss-reactive ketones (excluding diaryl/α,β-unsaturated/α-hetero) is 1. The number of carboxylic acids is 1. The molecule has 1 rings (SSSR count). The molecule has 6 N–H and O–H groups in total. The van der Waals surface area contributed by atoms with Crippen LogP contribution in [-0.2, 0) is 19.1 Å². The molecule has 1 atom stereocenters. The van der Waals surface area contributed by atoms with Crippen molar-refractivity contribution in [1.29, 1.82) is 0 Å². The van der Waals surface area contributed by atoms with Crippen molar-refractivity contribution in [3.05, 3.63) is 35.3 Å². The molecule has 1 unspecified atom stereocenters. The fraction of sp³-hybridized carbons (Fsp3) is 0.579. The van der Waals surface area contributed by atoms with E-state index in [4.69, 9.17) is 26.0 Å². The van der Waals surface area contributed by atoms with E-state index >= 15 is 0 Å². The number of ketones is 1.